The highest BCUT2D eigenvalue weighted by Crippen LogP contribution is 2.25. The molecule has 5 nitrogen and oxygen atoms in total. The molecule has 0 aliphatic heterocycles. The molecule has 0 aliphatic carbocycles. The van der Waals surface area contributed by atoms with E-state index >= 15 is 0 Å². The van der Waals surface area contributed by atoms with E-state index in [9.17, 15) is 4.39 Å². The molecule has 0 aliphatic rings. The van der Waals surface area contributed by atoms with Gasteiger partial charge in [-0.05, 0) is 19.1 Å². The van der Waals surface area contributed by atoms with Crippen LogP contribution in [0, 0.1) is 5.82 Å². The Kier molecular flexibility index (Phi) is 3.65. The third kappa shape index (κ3) is 2.77. The number of nitrogens with zero attached hydrogens (tertiary/aromatic N) is 4. The second-order valence-electron chi connectivity index (χ2n) is 4.47. The molecule has 0 fully saturated rings. The maximum atomic E-state index is 13.9. The molecule has 0 saturated carbocycles. The molecule has 0 radical (unpaired) electrons. The predicted molar refractivity (Wildman–Crippen MR) is 79.2 cm³/mol. The molecule has 8 heteroatoms. The lowest BCUT2D eigenvalue weighted by Gasteiger charge is -2.17. The number of fused-ring (bicyclic) bond motifs is 1. The summed E-state index contributed by atoms with van der Waals surface area (Å²) in [7, 11) is 0. The van der Waals surface area contributed by atoms with E-state index < -0.39 is 0 Å². The van der Waals surface area contributed by atoms with Crippen molar-refractivity contribution in [3.8, 4) is 0 Å². The summed E-state index contributed by atoms with van der Waals surface area (Å²) in [4.78, 5) is 8.00. The summed E-state index contributed by atoms with van der Waals surface area (Å²) in [5.74, 6) is 0.565. The van der Waals surface area contributed by atoms with E-state index in [1.165, 1.54) is 16.9 Å². The van der Waals surface area contributed by atoms with Crippen LogP contribution in [0.25, 0.3) is 5.78 Å². The second-order valence-corrected chi connectivity index (χ2v) is 5.29. The topological polar surface area (TPSA) is 55.1 Å². The lowest BCUT2D eigenvalue weighted by Crippen LogP contribution is -2.12. The van der Waals surface area contributed by atoms with E-state index in [0.717, 1.165) is 0 Å². The van der Waals surface area contributed by atoms with E-state index in [2.05, 4.69) is 20.4 Å². The van der Waals surface area contributed by atoms with Crippen molar-refractivity contribution >= 4 is 34.8 Å². The molecule has 1 aromatic carbocycles. The van der Waals surface area contributed by atoms with Gasteiger partial charge in [0, 0.05) is 16.7 Å². The van der Waals surface area contributed by atoms with E-state index in [-0.39, 0.29) is 17.0 Å². The largest absolute Gasteiger partial charge is 0.363 e. The zero-order valence-corrected chi connectivity index (χ0v) is 12.4. The van der Waals surface area contributed by atoms with Crippen LogP contribution in [-0.2, 0) is 0 Å². The van der Waals surface area contributed by atoms with Gasteiger partial charge in [-0.2, -0.15) is 19.6 Å². The quantitative estimate of drug-likeness (QED) is 0.745. The minimum absolute atomic E-state index is 0.279. The highest BCUT2D eigenvalue weighted by Gasteiger charge is 2.14. The number of hydrogen-bond acceptors (Lipinski definition) is 4. The minimum Gasteiger partial charge on any atom is -0.363 e. The van der Waals surface area contributed by atoms with Crippen LogP contribution in [0.4, 0.5) is 10.2 Å². The normalized spacial score (nSPS) is 12.6. The summed E-state index contributed by atoms with van der Waals surface area (Å²) < 4.78 is 15.4. The van der Waals surface area contributed by atoms with Crippen molar-refractivity contribution in [2.45, 2.75) is 13.0 Å². The number of rotatable bonds is 3. The molecule has 1 atom stereocenters. The fourth-order valence-electron chi connectivity index (χ4n) is 2.04. The van der Waals surface area contributed by atoms with E-state index in [0.29, 0.717) is 22.2 Å². The second kappa shape index (κ2) is 5.46. The molecule has 21 heavy (non-hydrogen) atoms. The first-order chi connectivity index (χ1) is 10.0. The van der Waals surface area contributed by atoms with Gasteiger partial charge >= 0.3 is 0 Å². The van der Waals surface area contributed by atoms with Crippen LogP contribution in [0.5, 0.6) is 0 Å². The van der Waals surface area contributed by atoms with E-state index in [1.54, 1.807) is 18.2 Å². The van der Waals surface area contributed by atoms with Crippen molar-refractivity contribution in [2.24, 2.45) is 0 Å². The van der Waals surface area contributed by atoms with Gasteiger partial charge < -0.3 is 5.32 Å². The molecule has 0 spiro atoms. The van der Waals surface area contributed by atoms with Gasteiger partial charge in [0.05, 0.1) is 6.04 Å². The monoisotopic (exact) mass is 325 g/mol. The Morgan fingerprint density at radius 3 is 2.86 bits per heavy atom. The first kappa shape index (κ1) is 14.0. The van der Waals surface area contributed by atoms with Gasteiger partial charge in [0.15, 0.2) is 0 Å². The molecule has 3 aromatic rings. The van der Waals surface area contributed by atoms with Gasteiger partial charge in [-0.15, -0.1) is 0 Å². The van der Waals surface area contributed by atoms with Crippen LogP contribution in [0.2, 0.25) is 10.2 Å². The van der Waals surface area contributed by atoms with Gasteiger partial charge in [-0.1, -0.05) is 29.3 Å². The van der Waals surface area contributed by atoms with Crippen LogP contribution < -0.4 is 5.32 Å². The third-order valence-corrected chi connectivity index (χ3v) is 3.44. The number of benzene rings is 1. The average Bonchev–Trinajstić information content (AvgIpc) is 2.86. The first-order valence-electron chi connectivity index (χ1n) is 6.12. The molecule has 1 N–H and O–H groups in total. The number of anilines is 1. The van der Waals surface area contributed by atoms with Crippen molar-refractivity contribution in [3.63, 3.8) is 0 Å². The molecule has 0 unspecified atom stereocenters. The Morgan fingerprint density at radius 2 is 2.10 bits per heavy atom. The molecule has 0 bridgehead atoms. The Balaban J connectivity index is 1.96. The SMILES string of the molecule is C[C@@H](Nc1cc(Cl)nc2ncnn12)c1ccc(Cl)cc1F. The maximum Gasteiger partial charge on any atom is 0.255 e. The van der Waals surface area contributed by atoms with Crippen LogP contribution in [-0.4, -0.2) is 19.6 Å². The molecule has 0 saturated heterocycles. The van der Waals surface area contributed by atoms with Gasteiger partial charge in [0.1, 0.15) is 23.1 Å². The lowest BCUT2D eigenvalue weighted by molar-refractivity contribution is 0.599. The van der Waals surface area contributed by atoms with Gasteiger partial charge in [0.25, 0.3) is 5.78 Å². The Bertz CT molecular complexity index is 804. The summed E-state index contributed by atoms with van der Waals surface area (Å²) in [6.45, 7) is 1.82. The van der Waals surface area contributed by atoms with Gasteiger partial charge in [-0.3, -0.25) is 0 Å². The summed E-state index contributed by atoms with van der Waals surface area (Å²) in [5.41, 5.74) is 0.487. The zero-order valence-electron chi connectivity index (χ0n) is 10.9. The zero-order chi connectivity index (χ0) is 15.0. The lowest BCUT2D eigenvalue weighted by atomic mass is 10.1. The Hall–Kier alpha value is -1.92. The van der Waals surface area contributed by atoms with Crippen molar-refractivity contribution in [2.75, 3.05) is 5.32 Å². The van der Waals surface area contributed by atoms with Crippen LogP contribution in [0.1, 0.15) is 18.5 Å². The summed E-state index contributed by atoms with van der Waals surface area (Å²) in [5, 5.41) is 7.83. The van der Waals surface area contributed by atoms with Crippen LogP contribution >= 0.6 is 23.2 Å². The highest BCUT2D eigenvalue weighted by atomic mass is 35.5. The summed E-state index contributed by atoms with van der Waals surface area (Å²) in [6.07, 6.45) is 1.37. The molecule has 3 rings (SSSR count). The van der Waals surface area contributed by atoms with E-state index in [1.807, 2.05) is 6.92 Å². The Labute approximate surface area is 129 Å². The smallest absolute Gasteiger partial charge is 0.255 e. The standard InChI is InChI=1S/C13H10Cl2FN5/c1-7(9-3-2-8(14)4-10(9)16)19-12-5-11(15)20-13-17-6-18-21(12)13/h2-7,19H,1H3/t7-/m1/s1. The maximum absolute atomic E-state index is 13.9. The average molecular weight is 326 g/mol. The number of aromatic nitrogens is 4. The number of nitrogens with one attached hydrogen (secondary N) is 1. The molecule has 2 heterocycles. The molecular weight excluding hydrogens is 316 g/mol. The van der Waals surface area contributed by atoms with Crippen molar-refractivity contribution in [3.05, 3.63) is 52.1 Å². The van der Waals surface area contributed by atoms with Crippen molar-refractivity contribution in [1.29, 1.82) is 0 Å². The highest BCUT2D eigenvalue weighted by molar-refractivity contribution is 6.30. The van der Waals surface area contributed by atoms with Crippen LogP contribution in [0.15, 0.2) is 30.6 Å². The summed E-state index contributed by atoms with van der Waals surface area (Å²) in [6, 6.07) is 5.85. The number of hydrogen-bond donors (Lipinski definition) is 1. The van der Waals surface area contributed by atoms with E-state index in [4.69, 9.17) is 23.2 Å². The fourth-order valence-corrected chi connectivity index (χ4v) is 2.38. The molecule has 0 amide bonds. The van der Waals surface area contributed by atoms with Gasteiger partial charge in [-0.25, -0.2) is 4.39 Å². The van der Waals surface area contributed by atoms with Gasteiger partial charge in [0.2, 0.25) is 0 Å². The third-order valence-electron chi connectivity index (χ3n) is 3.01. The number of halogens is 3. The Morgan fingerprint density at radius 1 is 1.29 bits per heavy atom. The van der Waals surface area contributed by atoms with Crippen molar-refractivity contribution < 1.29 is 4.39 Å². The molecular formula is C13H10Cl2FN5. The molecule has 108 valence electrons. The summed E-state index contributed by atoms with van der Waals surface area (Å²) >= 11 is 11.7. The minimum atomic E-state index is -0.377. The molecule has 2 aromatic heterocycles. The predicted octanol–water partition coefficient (Wildman–Crippen LogP) is 3.74. The fraction of sp³-hybridized carbons (Fsp3) is 0.154. The first-order valence-corrected chi connectivity index (χ1v) is 6.88. The van der Waals surface area contributed by atoms with Crippen molar-refractivity contribution in [1.82, 2.24) is 19.6 Å². The van der Waals surface area contributed by atoms with Crippen LogP contribution in [0.3, 0.4) is 0 Å².